The minimum absolute atomic E-state index is 0.173. The summed E-state index contributed by atoms with van der Waals surface area (Å²) in [6.45, 7) is 0. The average Bonchev–Trinajstić information content (AvgIpc) is 2.76. The Bertz CT molecular complexity index is 761. The standard InChI is InChI=1S/C15H10F3N3/c16-15(17,18)11-7-3-4-8-12(11)20-14-10-6-2-1-5-9(10)13(19)21-14/h1-8H,(H2,19,20,21). The van der Waals surface area contributed by atoms with Crippen LogP contribution in [0.5, 0.6) is 0 Å². The van der Waals surface area contributed by atoms with Crippen LogP contribution in [0.2, 0.25) is 0 Å². The third kappa shape index (κ3) is 2.40. The summed E-state index contributed by atoms with van der Waals surface area (Å²) in [6, 6.07) is 12.2. The lowest BCUT2D eigenvalue weighted by Gasteiger charge is -2.09. The topological polar surface area (TPSA) is 50.7 Å². The van der Waals surface area contributed by atoms with Gasteiger partial charge in [-0.05, 0) is 12.1 Å². The van der Waals surface area contributed by atoms with Crippen LogP contribution >= 0.6 is 0 Å². The molecular formula is C15H10F3N3. The summed E-state index contributed by atoms with van der Waals surface area (Å²) in [7, 11) is 0. The van der Waals surface area contributed by atoms with Crippen LogP contribution in [0.4, 0.5) is 18.9 Å². The minimum Gasteiger partial charge on any atom is -0.383 e. The molecule has 21 heavy (non-hydrogen) atoms. The van der Waals surface area contributed by atoms with E-state index in [0.717, 1.165) is 6.07 Å². The van der Waals surface area contributed by atoms with E-state index in [0.29, 0.717) is 11.1 Å². The zero-order valence-electron chi connectivity index (χ0n) is 10.7. The first-order valence-corrected chi connectivity index (χ1v) is 6.15. The Morgan fingerprint density at radius 1 is 0.905 bits per heavy atom. The van der Waals surface area contributed by atoms with Gasteiger partial charge in [-0.1, -0.05) is 36.4 Å². The van der Waals surface area contributed by atoms with Gasteiger partial charge in [-0.15, -0.1) is 0 Å². The lowest BCUT2D eigenvalue weighted by atomic mass is 10.1. The quantitative estimate of drug-likeness (QED) is 0.858. The molecule has 1 aliphatic heterocycles. The summed E-state index contributed by atoms with van der Waals surface area (Å²) < 4.78 is 38.9. The normalized spacial score (nSPS) is 16.0. The number of nitrogens with two attached hydrogens (primary N) is 1. The maximum absolute atomic E-state index is 13.0. The molecule has 0 radical (unpaired) electrons. The van der Waals surface area contributed by atoms with Crippen molar-refractivity contribution in [1.29, 1.82) is 0 Å². The fraction of sp³-hybridized carbons (Fsp3) is 0.0667. The predicted octanol–water partition coefficient (Wildman–Crippen LogP) is 3.50. The highest BCUT2D eigenvalue weighted by molar-refractivity contribution is 6.22. The second-order valence-electron chi connectivity index (χ2n) is 4.49. The first-order valence-electron chi connectivity index (χ1n) is 6.15. The van der Waals surface area contributed by atoms with Crippen LogP contribution in [0.25, 0.3) is 0 Å². The van der Waals surface area contributed by atoms with Gasteiger partial charge in [0.05, 0.1) is 11.3 Å². The predicted molar refractivity (Wildman–Crippen MR) is 74.8 cm³/mol. The molecule has 2 aromatic carbocycles. The van der Waals surface area contributed by atoms with E-state index >= 15 is 0 Å². The van der Waals surface area contributed by atoms with Gasteiger partial charge < -0.3 is 5.73 Å². The van der Waals surface area contributed by atoms with E-state index in [1.54, 1.807) is 24.3 Å². The molecule has 1 aliphatic rings. The highest BCUT2D eigenvalue weighted by Crippen LogP contribution is 2.36. The first kappa shape index (κ1) is 13.4. The maximum Gasteiger partial charge on any atom is 0.418 e. The lowest BCUT2D eigenvalue weighted by Crippen LogP contribution is -2.09. The van der Waals surface area contributed by atoms with Crippen molar-refractivity contribution >= 4 is 17.4 Å². The monoisotopic (exact) mass is 289 g/mol. The van der Waals surface area contributed by atoms with Crippen molar-refractivity contribution in [2.24, 2.45) is 15.7 Å². The number of para-hydroxylation sites is 1. The number of hydrogen-bond donors (Lipinski definition) is 1. The molecule has 2 aromatic rings. The molecule has 2 N–H and O–H groups in total. The fourth-order valence-electron chi connectivity index (χ4n) is 2.15. The van der Waals surface area contributed by atoms with Crippen LogP contribution in [0.3, 0.4) is 0 Å². The Labute approximate surface area is 118 Å². The number of alkyl halides is 3. The molecule has 1 heterocycles. The molecule has 3 nitrogen and oxygen atoms in total. The Morgan fingerprint density at radius 3 is 2.24 bits per heavy atom. The van der Waals surface area contributed by atoms with Gasteiger partial charge in [-0.3, -0.25) is 0 Å². The van der Waals surface area contributed by atoms with E-state index in [9.17, 15) is 13.2 Å². The van der Waals surface area contributed by atoms with Crippen LogP contribution in [0.15, 0.2) is 58.5 Å². The van der Waals surface area contributed by atoms with Crippen LogP contribution < -0.4 is 5.73 Å². The molecule has 0 aromatic heterocycles. The van der Waals surface area contributed by atoms with Gasteiger partial charge in [0.1, 0.15) is 5.84 Å². The zero-order chi connectivity index (χ0) is 15.0. The van der Waals surface area contributed by atoms with Gasteiger partial charge in [0, 0.05) is 11.1 Å². The number of hydrogen-bond acceptors (Lipinski definition) is 2. The number of nitrogens with zero attached hydrogens (tertiary/aromatic N) is 2. The zero-order valence-corrected chi connectivity index (χ0v) is 10.7. The molecule has 0 aliphatic carbocycles. The molecule has 0 spiro atoms. The largest absolute Gasteiger partial charge is 0.418 e. The van der Waals surface area contributed by atoms with E-state index in [1.165, 1.54) is 18.2 Å². The molecule has 0 amide bonds. The van der Waals surface area contributed by atoms with E-state index in [1.807, 2.05) is 0 Å². The van der Waals surface area contributed by atoms with Gasteiger partial charge in [0.15, 0.2) is 5.84 Å². The summed E-state index contributed by atoms with van der Waals surface area (Å²) in [4.78, 5) is 8.10. The van der Waals surface area contributed by atoms with Crippen molar-refractivity contribution in [1.82, 2.24) is 0 Å². The summed E-state index contributed by atoms with van der Waals surface area (Å²) >= 11 is 0. The smallest absolute Gasteiger partial charge is 0.383 e. The number of benzene rings is 2. The van der Waals surface area contributed by atoms with Crippen molar-refractivity contribution in [3.05, 3.63) is 65.2 Å². The summed E-state index contributed by atoms with van der Waals surface area (Å²) in [5.74, 6) is 0.452. The lowest BCUT2D eigenvalue weighted by molar-refractivity contribution is -0.137. The molecule has 106 valence electrons. The van der Waals surface area contributed by atoms with Crippen LogP contribution in [0, 0.1) is 0 Å². The first-order chi connectivity index (χ1) is 9.97. The average molecular weight is 289 g/mol. The fourth-order valence-corrected chi connectivity index (χ4v) is 2.15. The van der Waals surface area contributed by atoms with Gasteiger partial charge in [-0.25, -0.2) is 9.98 Å². The Balaban J connectivity index is 2.14. The molecule has 3 rings (SSSR count). The number of fused-ring (bicyclic) bond motifs is 1. The van der Waals surface area contributed by atoms with E-state index in [2.05, 4.69) is 9.98 Å². The molecule has 0 atom stereocenters. The maximum atomic E-state index is 13.0. The molecular weight excluding hydrogens is 279 g/mol. The van der Waals surface area contributed by atoms with E-state index in [4.69, 9.17) is 5.73 Å². The second kappa shape index (κ2) is 4.73. The Hall–Kier alpha value is -2.63. The molecule has 0 bridgehead atoms. The summed E-state index contributed by atoms with van der Waals surface area (Å²) in [5.41, 5.74) is 6.11. The Kier molecular flexibility index (Phi) is 3.01. The highest BCUT2D eigenvalue weighted by Gasteiger charge is 2.33. The van der Waals surface area contributed by atoms with Crippen LogP contribution in [-0.2, 0) is 6.18 Å². The van der Waals surface area contributed by atoms with Crippen molar-refractivity contribution in [2.45, 2.75) is 6.18 Å². The number of amidine groups is 2. The van der Waals surface area contributed by atoms with Crippen molar-refractivity contribution in [3.8, 4) is 0 Å². The van der Waals surface area contributed by atoms with Crippen molar-refractivity contribution in [2.75, 3.05) is 0 Å². The molecule has 0 saturated carbocycles. The van der Waals surface area contributed by atoms with Gasteiger partial charge >= 0.3 is 6.18 Å². The van der Waals surface area contributed by atoms with Gasteiger partial charge in [0.25, 0.3) is 0 Å². The minimum atomic E-state index is -4.46. The molecule has 6 heteroatoms. The Morgan fingerprint density at radius 2 is 1.52 bits per heavy atom. The molecule has 0 saturated heterocycles. The van der Waals surface area contributed by atoms with Gasteiger partial charge in [-0.2, -0.15) is 13.2 Å². The summed E-state index contributed by atoms with van der Waals surface area (Å²) in [6.07, 6.45) is -4.46. The number of rotatable bonds is 1. The van der Waals surface area contributed by atoms with Crippen LogP contribution in [0.1, 0.15) is 16.7 Å². The van der Waals surface area contributed by atoms with Gasteiger partial charge in [0.2, 0.25) is 0 Å². The van der Waals surface area contributed by atoms with Crippen molar-refractivity contribution < 1.29 is 13.2 Å². The number of aliphatic imine (C=N–C) groups is 2. The van der Waals surface area contributed by atoms with Crippen LogP contribution in [-0.4, -0.2) is 11.7 Å². The van der Waals surface area contributed by atoms with E-state index in [-0.39, 0.29) is 17.4 Å². The second-order valence-corrected chi connectivity index (χ2v) is 4.49. The third-order valence-corrected chi connectivity index (χ3v) is 3.11. The number of halogens is 3. The van der Waals surface area contributed by atoms with Crippen molar-refractivity contribution in [3.63, 3.8) is 0 Å². The third-order valence-electron chi connectivity index (χ3n) is 3.11. The molecule has 0 unspecified atom stereocenters. The summed E-state index contributed by atoms with van der Waals surface area (Å²) in [5, 5.41) is 0. The highest BCUT2D eigenvalue weighted by atomic mass is 19.4. The SMILES string of the molecule is NC1=NC(=Nc2ccccc2C(F)(F)F)c2ccccc21. The van der Waals surface area contributed by atoms with E-state index < -0.39 is 11.7 Å². The molecule has 0 fully saturated rings.